The van der Waals surface area contributed by atoms with E-state index in [-0.39, 0.29) is 18.3 Å². The normalized spacial score (nSPS) is 10.8. The predicted molar refractivity (Wildman–Crippen MR) is 92.5 cm³/mol. The van der Waals surface area contributed by atoms with Crippen molar-refractivity contribution in [1.29, 1.82) is 0 Å². The minimum Gasteiger partial charge on any atom is -0.469 e. The van der Waals surface area contributed by atoms with Gasteiger partial charge >= 0.3 is 5.97 Å². The molecule has 1 amide bonds. The summed E-state index contributed by atoms with van der Waals surface area (Å²) in [6.45, 7) is 2.04. The lowest BCUT2D eigenvalue weighted by atomic mass is 10.1. The molecular formula is C19H21NO4. The van der Waals surface area contributed by atoms with Gasteiger partial charge in [0.15, 0.2) is 0 Å². The van der Waals surface area contributed by atoms with Gasteiger partial charge in [0.1, 0.15) is 11.5 Å². The van der Waals surface area contributed by atoms with Crippen molar-refractivity contribution in [1.82, 2.24) is 0 Å². The Labute approximate surface area is 141 Å². The number of methoxy groups -OCH3 is 1. The third-order valence-electron chi connectivity index (χ3n) is 3.54. The number of aryl methyl sites for hydroxylation is 2. The molecule has 0 aliphatic heterocycles. The Morgan fingerprint density at radius 1 is 1.21 bits per heavy atom. The van der Waals surface area contributed by atoms with Gasteiger partial charge in [-0.15, -0.1) is 0 Å². The minimum absolute atomic E-state index is 0.219. The highest BCUT2D eigenvalue weighted by atomic mass is 16.5. The van der Waals surface area contributed by atoms with Crippen molar-refractivity contribution in [2.24, 2.45) is 0 Å². The molecule has 1 aromatic carbocycles. The Bertz CT molecular complexity index is 730. The maximum Gasteiger partial charge on any atom is 0.305 e. The summed E-state index contributed by atoms with van der Waals surface area (Å²) < 4.78 is 10.1. The number of furan rings is 1. The fourth-order valence-electron chi connectivity index (χ4n) is 2.23. The van der Waals surface area contributed by atoms with Gasteiger partial charge in [0.05, 0.1) is 13.5 Å². The van der Waals surface area contributed by atoms with Gasteiger partial charge in [-0.25, -0.2) is 0 Å². The number of ether oxygens (including phenoxy) is 1. The molecule has 2 rings (SSSR count). The van der Waals surface area contributed by atoms with E-state index >= 15 is 0 Å². The highest BCUT2D eigenvalue weighted by Gasteiger charge is 2.06. The van der Waals surface area contributed by atoms with Crippen LogP contribution in [0.25, 0.3) is 6.08 Å². The summed E-state index contributed by atoms with van der Waals surface area (Å²) >= 11 is 0. The Kier molecular flexibility index (Phi) is 6.37. The molecule has 1 aromatic heterocycles. The van der Waals surface area contributed by atoms with Crippen LogP contribution in [-0.4, -0.2) is 19.0 Å². The smallest absolute Gasteiger partial charge is 0.305 e. The molecule has 0 unspecified atom stereocenters. The summed E-state index contributed by atoms with van der Waals surface area (Å²) in [5.41, 5.74) is 1.90. The van der Waals surface area contributed by atoms with Crippen LogP contribution in [-0.2, 0) is 27.2 Å². The molecular weight excluding hydrogens is 306 g/mol. The van der Waals surface area contributed by atoms with Crippen LogP contribution in [0.5, 0.6) is 0 Å². The number of anilines is 1. The predicted octanol–water partition coefficient (Wildman–Crippen LogP) is 3.60. The molecule has 5 heteroatoms. The van der Waals surface area contributed by atoms with E-state index in [1.54, 1.807) is 18.2 Å². The van der Waals surface area contributed by atoms with Crippen molar-refractivity contribution in [3.8, 4) is 0 Å². The molecule has 5 nitrogen and oxygen atoms in total. The molecule has 0 aliphatic rings. The van der Waals surface area contributed by atoms with E-state index in [0.717, 1.165) is 17.7 Å². The van der Waals surface area contributed by atoms with E-state index < -0.39 is 0 Å². The average molecular weight is 327 g/mol. The molecule has 0 radical (unpaired) electrons. The molecule has 1 heterocycles. The lowest BCUT2D eigenvalue weighted by Crippen LogP contribution is -2.09. The van der Waals surface area contributed by atoms with Crippen LogP contribution < -0.4 is 5.32 Å². The first kappa shape index (κ1) is 17.5. The summed E-state index contributed by atoms with van der Waals surface area (Å²) in [4.78, 5) is 23.1. The van der Waals surface area contributed by atoms with Crippen LogP contribution in [0.3, 0.4) is 0 Å². The lowest BCUT2D eigenvalue weighted by molar-refractivity contribution is -0.140. The summed E-state index contributed by atoms with van der Waals surface area (Å²) in [6.07, 6.45) is 4.61. The molecule has 0 saturated heterocycles. The number of para-hydroxylation sites is 1. The van der Waals surface area contributed by atoms with Crippen molar-refractivity contribution in [2.45, 2.75) is 26.2 Å². The van der Waals surface area contributed by atoms with Crippen LogP contribution in [0.15, 0.2) is 46.9 Å². The molecule has 0 spiro atoms. The SMILES string of the molecule is CCc1ccccc1NC(=O)/C=C/c1ccc(CCC(=O)OC)o1. The van der Waals surface area contributed by atoms with E-state index in [9.17, 15) is 9.59 Å². The monoisotopic (exact) mass is 327 g/mol. The van der Waals surface area contributed by atoms with Crippen LogP contribution in [0.2, 0.25) is 0 Å². The van der Waals surface area contributed by atoms with Crippen LogP contribution in [0.1, 0.15) is 30.4 Å². The summed E-state index contributed by atoms with van der Waals surface area (Å²) in [6, 6.07) is 11.2. The summed E-state index contributed by atoms with van der Waals surface area (Å²) in [7, 11) is 1.36. The fraction of sp³-hybridized carbons (Fsp3) is 0.263. The first-order valence-corrected chi connectivity index (χ1v) is 7.85. The zero-order valence-corrected chi connectivity index (χ0v) is 13.9. The molecule has 0 atom stereocenters. The fourth-order valence-corrected chi connectivity index (χ4v) is 2.23. The van der Waals surface area contributed by atoms with Crippen molar-refractivity contribution >= 4 is 23.6 Å². The first-order chi connectivity index (χ1) is 11.6. The van der Waals surface area contributed by atoms with Gasteiger partial charge in [0.2, 0.25) is 5.91 Å². The summed E-state index contributed by atoms with van der Waals surface area (Å²) in [5, 5.41) is 2.86. The number of hydrogen-bond acceptors (Lipinski definition) is 4. The number of benzene rings is 1. The van der Waals surface area contributed by atoms with Gasteiger partial charge in [0.25, 0.3) is 0 Å². The third kappa shape index (κ3) is 5.12. The Balaban J connectivity index is 1.92. The Morgan fingerprint density at radius 3 is 2.75 bits per heavy atom. The van der Waals surface area contributed by atoms with Gasteiger partial charge < -0.3 is 14.5 Å². The molecule has 0 saturated carbocycles. The topological polar surface area (TPSA) is 68.5 Å². The van der Waals surface area contributed by atoms with E-state index in [1.165, 1.54) is 13.2 Å². The van der Waals surface area contributed by atoms with Crippen LogP contribution in [0, 0.1) is 0 Å². The Morgan fingerprint density at radius 2 is 2.00 bits per heavy atom. The van der Waals surface area contributed by atoms with Gasteiger partial charge in [-0.1, -0.05) is 25.1 Å². The highest BCUT2D eigenvalue weighted by Crippen LogP contribution is 2.16. The zero-order chi connectivity index (χ0) is 17.4. The average Bonchev–Trinajstić information content (AvgIpc) is 3.06. The van der Waals surface area contributed by atoms with Gasteiger partial charge in [-0.05, 0) is 36.3 Å². The molecule has 2 aromatic rings. The molecule has 0 bridgehead atoms. The summed E-state index contributed by atoms with van der Waals surface area (Å²) in [5.74, 6) is 0.742. The number of esters is 1. The lowest BCUT2D eigenvalue weighted by Gasteiger charge is -2.07. The quantitative estimate of drug-likeness (QED) is 0.623. The zero-order valence-electron chi connectivity index (χ0n) is 13.9. The third-order valence-corrected chi connectivity index (χ3v) is 3.54. The van der Waals surface area contributed by atoms with Crippen molar-refractivity contribution < 1.29 is 18.7 Å². The molecule has 126 valence electrons. The van der Waals surface area contributed by atoms with Crippen molar-refractivity contribution in [3.63, 3.8) is 0 Å². The van der Waals surface area contributed by atoms with Gasteiger partial charge in [0, 0.05) is 18.2 Å². The number of hydrogen-bond donors (Lipinski definition) is 1. The maximum atomic E-state index is 12.0. The van der Waals surface area contributed by atoms with E-state index in [0.29, 0.717) is 17.9 Å². The number of carbonyl (C=O) groups excluding carboxylic acids is 2. The van der Waals surface area contributed by atoms with E-state index in [2.05, 4.69) is 10.1 Å². The van der Waals surface area contributed by atoms with Crippen molar-refractivity contribution in [3.05, 3.63) is 59.6 Å². The number of amides is 1. The second-order valence-corrected chi connectivity index (χ2v) is 5.21. The maximum absolute atomic E-state index is 12.0. The standard InChI is InChI=1S/C19H21NO4/c1-3-14-6-4-5-7-17(14)20-18(21)12-10-15-8-9-16(24-15)11-13-19(22)23-2/h4-10,12H,3,11,13H2,1-2H3,(H,20,21)/b12-10+. The van der Waals surface area contributed by atoms with E-state index in [4.69, 9.17) is 4.42 Å². The Hall–Kier alpha value is -2.82. The first-order valence-electron chi connectivity index (χ1n) is 7.85. The molecule has 0 fully saturated rings. The number of nitrogens with one attached hydrogen (secondary N) is 1. The minimum atomic E-state index is -0.280. The number of carbonyl (C=O) groups is 2. The molecule has 24 heavy (non-hydrogen) atoms. The molecule has 0 aliphatic carbocycles. The number of rotatable bonds is 7. The van der Waals surface area contributed by atoms with Crippen LogP contribution in [0.4, 0.5) is 5.69 Å². The largest absolute Gasteiger partial charge is 0.469 e. The molecule has 1 N–H and O–H groups in total. The second-order valence-electron chi connectivity index (χ2n) is 5.21. The van der Waals surface area contributed by atoms with Gasteiger partial charge in [-0.2, -0.15) is 0 Å². The van der Waals surface area contributed by atoms with Crippen LogP contribution >= 0.6 is 0 Å². The van der Waals surface area contributed by atoms with E-state index in [1.807, 2.05) is 31.2 Å². The van der Waals surface area contributed by atoms with Crippen molar-refractivity contribution in [2.75, 3.05) is 12.4 Å². The van der Waals surface area contributed by atoms with Gasteiger partial charge in [-0.3, -0.25) is 9.59 Å². The second kappa shape index (κ2) is 8.72. The highest BCUT2D eigenvalue weighted by molar-refractivity contribution is 6.02.